The predicted molar refractivity (Wildman–Crippen MR) is 83.5 cm³/mol. The first kappa shape index (κ1) is 16.5. The fraction of sp³-hybridized carbons (Fsp3) is 0.500. The summed E-state index contributed by atoms with van der Waals surface area (Å²) in [5.74, 6) is 0.0841. The Balaban J connectivity index is 1.85. The smallest absolute Gasteiger partial charge is 0.248 e. The van der Waals surface area contributed by atoms with Crippen molar-refractivity contribution in [1.82, 2.24) is 25.1 Å². The normalized spacial score (nSPS) is 19.3. The number of piperidine rings is 1. The molecular weight excluding hydrogens is 313 g/mol. The molecule has 1 saturated heterocycles. The second kappa shape index (κ2) is 7.04. The van der Waals surface area contributed by atoms with Crippen LogP contribution in [0.15, 0.2) is 24.3 Å². The summed E-state index contributed by atoms with van der Waals surface area (Å²) in [6.45, 7) is 2.66. The summed E-state index contributed by atoms with van der Waals surface area (Å²) in [6.07, 6.45) is 1.34. The fourth-order valence-corrected chi connectivity index (χ4v) is 3.01. The van der Waals surface area contributed by atoms with Crippen molar-refractivity contribution in [2.24, 2.45) is 0 Å². The molecule has 3 rings (SSSR count). The van der Waals surface area contributed by atoms with Gasteiger partial charge in [0.15, 0.2) is 0 Å². The van der Waals surface area contributed by atoms with Gasteiger partial charge in [0.05, 0.1) is 6.10 Å². The number of nitrogens with zero attached hydrogens (tertiary/aromatic N) is 5. The van der Waals surface area contributed by atoms with E-state index in [0.717, 1.165) is 12.0 Å². The summed E-state index contributed by atoms with van der Waals surface area (Å²) in [5, 5.41) is 21.3. The second-order valence-corrected chi connectivity index (χ2v) is 6.10. The molecule has 1 amide bonds. The van der Waals surface area contributed by atoms with E-state index in [-0.39, 0.29) is 11.7 Å². The molecule has 128 valence electrons. The van der Waals surface area contributed by atoms with Gasteiger partial charge in [0.1, 0.15) is 17.7 Å². The highest BCUT2D eigenvalue weighted by Gasteiger charge is 2.31. The van der Waals surface area contributed by atoms with Crippen molar-refractivity contribution in [1.29, 1.82) is 0 Å². The molecule has 2 unspecified atom stereocenters. The van der Waals surface area contributed by atoms with Crippen molar-refractivity contribution in [2.75, 3.05) is 13.1 Å². The molecule has 0 aliphatic carbocycles. The van der Waals surface area contributed by atoms with Crippen LogP contribution in [0.5, 0.6) is 0 Å². The van der Waals surface area contributed by atoms with Crippen molar-refractivity contribution in [2.45, 2.75) is 38.3 Å². The number of benzene rings is 1. The number of β-amino-alcohol motifs (C(OH)–C–C–N with tert-alkyl or cyclic N) is 1. The lowest BCUT2D eigenvalue weighted by molar-refractivity contribution is -0.138. The number of aliphatic hydroxyl groups excluding tert-OH is 1. The van der Waals surface area contributed by atoms with Gasteiger partial charge in [-0.1, -0.05) is 12.1 Å². The minimum Gasteiger partial charge on any atom is -0.391 e. The van der Waals surface area contributed by atoms with E-state index < -0.39 is 12.1 Å². The van der Waals surface area contributed by atoms with Crippen LogP contribution in [0, 0.1) is 12.7 Å². The van der Waals surface area contributed by atoms with Crippen molar-refractivity contribution in [3.05, 3.63) is 41.5 Å². The highest BCUT2D eigenvalue weighted by molar-refractivity contribution is 5.81. The lowest BCUT2D eigenvalue weighted by Gasteiger charge is -2.33. The molecule has 1 fully saturated rings. The van der Waals surface area contributed by atoms with E-state index in [1.807, 2.05) is 0 Å². The number of aromatic nitrogens is 4. The molecule has 0 saturated carbocycles. The Bertz CT molecular complexity index is 703. The Kier molecular flexibility index (Phi) is 4.84. The average Bonchev–Trinajstić information content (AvgIpc) is 2.99. The molecule has 8 heteroatoms. The molecule has 0 radical (unpaired) electrons. The number of rotatable bonds is 4. The lowest BCUT2D eigenvalue weighted by Crippen LogP contribution is -2.46. The minimum absolute atomic E-state index is 0.131. The number of aliphatic hydroxyl groups is 1. The average molecular weight is 333 g/mol. The standard InChI is InChI=1S/C16H20FN5O2/c1-11-18-19-20-22(11)15(9-12-4-6-13(17)7-5-12)16(24)21-8-2-3-14(23)10-21/h4-7,14-15,23H,2-3,8-10H2,1H3. The third-order valence-corrected chi connectivity index (χ3v) is 4.29. The first-order valence-corrected chi connectivity index (χ1v) is 8.00. The van der Waals surface area contributed by atoms with Gasteiger partial charge < -0.3 is 10.0 Å². The van der Waals surface area contributed by atoms with Gasteiger partial charge in [0.2, 0.25) is 5.91 Å². The predicted octanol–water partition coefficient (Wildman–Crippen LogP) is 0.888. The molecule has 2 atom stereocenters. The maximum Gasteiger partial charge on any atom is 0.248 e. The van der Waals surface area contributed by atoms with Gasteiger partial charge in [-0.15, -0.1) is 5.10 Å². The minimum atomic E-state index is -0.615. The number of amides is 1. The highest BCUT2D eigenvalue weighted by atomic mass is 19.1. The fourth-order valence-electron chi connectivity index (χ4n) is 3.01. The SMILES string of the molecule is Cc1nnnn1C(Cc1ccc(F)cc1)C(=O)N1CCCC(O)C1. The van der Waals surface area contributed by atoms with Crippen LogP contribution in [0.3, 0.4) is 0 Å². The van der Waals surface area contributed by atoms with Gasteiger partial charge in [-0.25, -0.2) is 9.07 Å². The Hall–Kier alpha value is -2.35. The van der Waals surface area contributed by atoms with Gasteiger partial charge in [-0.3, -0.25) is 4.79 Å². The Morgan fingerprint density at radius 3 is 2.79 bits per heavy atom. The van der Waals surface area contributed by atoms with Crippen molar-refractivity contribution in [3.63, 3.8) is 0 Å². The van der Waals surface area contributed by atoms with Crippen LogP contribution in [-0.4, -0.2) is 55.3 Å². The van der Waals surface area contributed by atoms with Crippen LogP contribution in [0.2, 0.25) is 0 Å². The lowest BCUT2D eigenvalue weighted by atomic mass is 10.0. The first-order valence-electron chi connectivity index (χ1n) is 8.00. The maximum absolute atomic E-state index is 13.1. The summed E-state index contributed by atoms with van der Waals surface area (Å²) in [4.78, 5) is 14.6. The topological polar surface area (TPSA) is 84.1 Å². The van der Waals surface area contributed by atoms with Crippen LogP contribution in [0.1, 0.15) is 30.3 Å². The van der Waals surface area contributed by atoms with Crippen molar-refractivity contribution in [3.8, 4) is 0 Å². The molecular formula is C16H20FN5O2. The Morgan fingerprint density at radius 2 is 2.17 bits per heavy atom. The van der Waals surface area contributed by atoms with Crippen LogP contribution in [-0.2, 0) is 11.2 Å². The van der Waals surface area contributed by atoms with E-state index in [1.54, 1.807) is 24.0 Å². The number of carbonyl (C=O) groups excluding carboxylic acids is 1. The van der Waals surface area contributed by atoms with E-state index in [9.17, 15) is 14.3 Å². The molecule has 0 bridgehead atoms. The number of hydrogen-bond donors (Lipinski definition) is 1. The Morgan fingerprint density at radius 1 is 1.42 bits per heavy atom. The molecule has 2 heterocycles. The van der Waals surface area contributed by atoms with Gasteiger partial charge in [-0.05, 0) is 47.9 Å². The first-order chi connectivity index (χ1) is 11.5. The molecule has 0 spiro atoms. The van der Waals surface area contributed by atoms with E-state index in [4.69, 9.17) is 0 Å². The van der Waals surface area contributed by atoms with Crippen LogP contribution >= 0.6 is 0 Å². The second-order valence-electron chi connectivity index (χ2n) is 6.10. The van der Waals surface area contributed by atoms with Crippen molar-refractivity contribution >= 4 is 5.91 Å². The molecule has 24 heavy (non-hydrogen) atoms. The van der Waals surface area contributed by atoms with Crippen LogP contribution in [0.4, 0.5) is 4.39 Å². The summed E-state index contributed by atoms with van der Waals surface area (Å²) in [7, 11) is 0. The van der Waals surface area contributed by atoms with Crippen LogP contribution < -0.4 is 0 Å². The third kappa shape index (κ3) is 3.59. The zero-order chi connectivity index (χ0) is 17.1. The zero-order valence-corrected chi connectivity index (χ0v) is 13.5. The number of halogens is 1. The maximum atomic E-state index is 13.1. The molecule has 1 N–H and O–H groups in total. The number of tetrazole rings is 1. The monoisotopic (exact) mass is 333 g/mol. The summed E-state index contributed by atoms with van der Waals surface area (Å²) in [6, 6.07) is 5.43. The van der Waals surface area contributed by atoms with E-state index >= 15 is 0 Å². The van der Waals surface area contributed by atoms with Gasteiger partial charge >= 0.3 is 0 Å². The summed E-state index contributed by atoms with van der Waals surface area (Å²) < 4.78 is 14.6. The number of aryl methyl sites for hydroxylation is 1. The van der Waals surface area contributed by atoms with Gasteiger partial charge in [0.25, 0.3) is 0 Å². The third-order valence-electron chi connectivity index (χ3n) is 4.29. The van der Waals surface area contributed by atoms with E-state index in [1.165, 1.54) is 16.8 Å². The summed E-state index contributed by atoms with van der Waals surface area (Å²) in [5.41, 5.74) is 0.821. The molecule has 1 aliphatic heterocycles. The Labute approximate surface area is 139 Å². The van der Waals surface area contributed by atoms with Gasteiger partial charge in [0, 0.05) is 19.5 Å². The highest BCUT2D eigenvalue weighted by Crippen LogP contribution is 2.21. The molecule has 2 aromatic rings. The van der Waals surface area contributed by atoms with E-state index in [0.29, 0.717) is 31.8 Å². The molecule has 1 aromatic carbocycles. The summed E-state index contributed by atoms with van der Waals surface area (Å²) >= 11 is 0. The molecule has 1 aliphatic rings. The number of carbonyl (C=O) groups is 1. The number of likely N-dealkylation sites (tertiary alicyclic amines) is 1. The molecule has 7 nitrogen and oxygen atoms in total. The largest absolute Gasteiger partial charge is 0.391 e. The zero-order valence-electron chi connectivity index (χ0n) is 13.5. The number of hydrogen-bond acceptors (Lipinski definition) is 5. The molecule has 1 aromatic heterocycles. The van der Waals surface area contributed by atoms with Gasteiger partial charge in [-0.2, -0.15) is 0 Å². The van der Waals surface area contributed by atoms with E-state index in [2.05, 4.69) is 15.5 Å². The van der Waals surface area contributed by atoms with Crippen LogP contribution in [0.25, 0.3) is 0 Å². The van der Waals surface area contributed by atoms with Crippen molar-refractivity contribution < 1.29 is 14.3 Å². The quantitative estimate of drug-likeness (QED) is 0.898.